The third-order valence-corrected chi connectivity index (χ3v) is 4.23. The Morgan fingerprint density at radius 3 is 2.67 bits per heavy atom. The van der Waals surface area contributed by atoms with Crippen molar-refractivity contribution in [3.63, 3.8) is 0 Å². The number of amides is 1. The standard InChI is InChI=1S/C17H16F4N6O3/c1-16(5-10(17(19,20)21)25-15(22)30-16)13-8(18)3-4-11(26-13)27-14(28)9-6-24-12(29-2)7-23-9/h3-4,6-7,10H,5H2,1-2H3,(H2,22,25)(H,26,27,28)/t10-,16-/m0/s1. The lowest BCUT2D eigenvalue weighted by Gasteiger charge is -2.36. The predicted molar refractivity (Wildman–Crippen MR) is 95.3 cm³/mol. The molecule has 0 aliphatic carbocycles. The van der Waals surface area contributed by atoms with E-state index in [1.165, 1.54) is 20.2 Å². The molecule has 30 heavy (non-hydrogen) atoms. The van der Waals surface area contributed by atoms with E-state index in [0.29, 0.717) is 0 Å². The SMILES string of the molecule is COc1cnc(C(=O)Nc2ccc(F)c([C@]3(C)C[C@@H](C(F)(F)F)N=C(N)O3)n2)cn1. The van der Waals surface area contributed by atoms with Crippen LogP contribution in [0.15, 0.2) is 29.5 Å². The highest BCUT2D eigenvalue weighted by Gasteiger charge is 2.50. The summed E-state index contributed by atoms with van der Waals surface area (Å²) in [5.74, 6) is -1.60. The Kier molecular flexibility index (Phi) is 5.46. The van der Waals surface area contributed by atoms with Crippen molar-refractivity contribution in [3.8, 4) is 5.88 Å². The van der Waals surface area contributed by atoms with Gasteiger partial charge >= 0.3 is 6.18 Å². The van der Waals surface area contributed by atoms with Gasteiger partial charge < -0.3 is 20.5 Å². The van der Waals surface area contributed by atoms with E-state index in [1.54, 1.807) is 0 Å². The summed E-state index contributed by atoms with van der Waals surface area (Å²) in [5, 5.41) is 2.37. The summed E-state index contributed by atoms with van der Waals surface area (Å²) in [5.41, 5.74) is 2.97. The number of hydrogen-bond donors (Lipinski definition) is 2. The van der Waals surface area contributed by atoms with E-state index in [9.17, 15) is 22.4 Å². The molecule has 0 unspecified atom stereocenters. The Bertz CT molecular complexity index is 982. The Balaban J connectivity index is 1.87. The fourth-order valence-corrected chi connectivity index (χ4v) is 2.80. The van der Waals surface area contributed by atoms with Gasteiger partial charge in [0.05, 0.1) is 19.5 Å². The summed E-state index contributed by atoms with van der Waals surface area (Å²) < 4.78 is 64.0. The van der Waals surface area contributed by atoms with Gasteiger partial charge in [-0.25, -0.2) is 24.3 Å². The Morgan fingerprint density at radius 2 is 2.07 bits per heavy atom. The van der Waals surface area contributed by atoms with E-state index >= 15 is 0 Å². The zero-order valence-electron chi connectivity index (χ0n) is 15.7. The molecule has 3 heterocycles. The number of amidine groups is 1. The average molecular weight is 428 g/mol. The predicted octanol–water partition coefficient (Wildman–Crippen LogP) is 2.15. The maximum absolute atomic E-state index is 14.4. The van der Waals surface area contributed by atoms with Crippen molar-refractivity contribution in [2.45, 2.75) is 31.2 Å². The molecule has 1 amide bonds. The molecule has 0 bridgehead atoms. The van der Waals surface area contributed by atoms with Gasteiger partial charge in [-0.15, -0.1) is 0 Å². The van der Waals surface area contributed by atoms with Crippen LogP contribution in [0, 0.1) is 5.82 Å². The van der Waals surface area contributed by atoms with Crippen LogP contribution in [0.2, 0.25) is 0 Å². The van der Waals surface area contributed by atoms with E-state index in [-0.39, 0.29) is 17.4 Å². The molecule has 13 heteroatoms. The number of nitrogens with two attached hydrogens (primary N) is 1. The summed E-state index contributed by atoms with van der Waals surface area (Å²) in [6.07, 6.45) is -3.09. The van der Waals surface area contributed by atoms with Gasteiger partial charge in [0.15, 0.2) is 11.6 Å². The fourth-order valence-electron chi connectivity index (χ4n) is 2.80. The van der Waals surface area contributed by atoms with Crippen LogP contribution in [-0.4, -0.2) is 46.2 Å². The lowest BCUT2D eigenvalue weighted by atomic mass is 9.91. The molecular formula is C17H16F4N6O3. The normalized spacial score (nSPS) is 21.4. The molecule has 2 aromatic heterocycles. The van der Waals surface area contributed by atoms with Crippen LogP contribution < -0.4 is 15.8 Å². The van der Waals surface area contributed by atoms with Crippen molar-refractivity contribution in [1.82, 2.24) is 15.0 Å². The first kappa shape index (κ1) is 21.2. The number of rotatable bonds is 4. The van der Waals surface area contributed by atoms with Crippen LogP contribution in [0.5, 0.6) is 5.88 Å². The summed E-state index contributed by atoms with van der Waals surface area (Å²) in [4.78, 5) is 27.1. The largest absolute Gasteiger partial charge is 0.480 e. The molecule has 1 aliphatic heterocycles. The fraction of sp³-hybridized carbons (Fsp3) is 0.353. The molecule has 1 aliphatic rings. The first-order chi connectivity index (χ1) is 14.0. The molecule has 0 spiro atoms. The number of methoxy groups -OCH3 is 1. The maximum Gasteiger partial charge on any atom is 0.411 e. The second kappa shape index (κ2) is 7.72. The Labute approximate surface area is 167 Å². The van der Waals surface area contributed by atoms with Crippen LogP contribution in [0.1, 0.15) is 29.5 Å². The molecule has 2 atom stereocenters. The van der Waals surface area contributed by atoms with Gasteiger partial charge in [0, 0.05) is 6.42 Å². The minimum absolute atomic E-state index is 0.0860. The molecule has 3 rings (SSSR count). The van der Waals surface area contributed by atoms with Gasteiger partial charge in [0.2, 0.25) is 5.88 Å². The zero-order chi connectivity index (χ0) is 22.1. The summed E-state index contributed by atoms with van der Waals surface area (Å²) in [7, 11) is 1.38. The number of aromatic nitrogens is 3. The maximum atomic E-state index is 14.4. The quantitative estimate of drug-likeness (QED) is 0.715. The minimum atomic E-state index is -4.70. The molecule has 0 saturated heterocycles. The van der Waals surface area contributed by atoms with Crippen molar-refractivity contribution in [2.75, 3.05) is 12.4 Å². The van der Waals surface area contributed by atoms with Crippen molar-refractivity contribution in [2.24, 2.45) is 10.7 Å². The third-order valence-electron chi connectivity index (χ3n) is 4.23. The van der Waals surface area contributed by atoms with Crippen LogP contribution in [0.3, 0.4) is 0 Å². The van der Waals surface area contributed by atoms with Crippen molar-refractivity contribution in [1.29, 1.82) is 0 Å². The molecular weight excluding hydrogens is 412 g/mol. The van der Waals surface area contributed by atoms with Gasteiger partial charge in [-0.3, -0.25) is 4.79 Å². The van der Waals surface area contributed by atoms with Gasteiger partial charge in [-0.2, -0.15) is 13.2 Å². The summed E-state index contributed by atoms with van der Waals surface area (Å²) in [6, 6.07) is -0.851. The number of ether oxygens (including phenoxy) is 2. The number of aliphatic imine (C=N–C) groups is 1. The van der Waals surface area contributed by atoms with Crippen LogP contribution in [-0.2, 0) is 10.3 Å². The summed E-state index contributed by atoms with van der Waals surface area (Å²) >= 11 is 0. The van der Waals surface area contributed by atoms with Crippen LogP contribution in [0.25, 0.3) is 0 Å². The lowest BCUT2D eigenvalue weighted by Crippen LogP contribution is -2.46. The molecule has 0 fully saturated rings. The minimum Gasteiger partial charge on any atom is -0.480 e. The molecule has 3 N–H and O–H groups in total. The Hall–Kier alpha value is -3.51. The van der Waals surface area contributed by atoms with Crippen LogP contribution >= 0.6 is 0 Å². The monoisotopic (exact) mass is 428 g/mol. The molecule has 2 aromatic rings. The number of carbonyl (C=O) groups excluding carboxylic acids is 1. The number of pyridine rings is 1. The first-order valence-corrected chi connectivity index (χ1v) is 8.45. The topological polar surface area (TPSA) is 125 Å². The summed E-state index contributed by atoms with van der Waals surface area (Å²) in [6.45, 7) is 1.21. The smallest absolute Gasteiger partial charge is 0.411 e. The highest BCUT2D eigenvalue weighted by Crippen LogP contribution is 2.40. The second-order valence-corrected chi connectivity index (χ2v) is 6.49. The highest BCUT2D eigenvalue weighted by molar-refractivity contribution is 6.02. The van der Waals surface area contributed by atoms with E-state index in [0.717, 1.165) is 18.3 Å². The van der Waals surface area contributed by atoms with E-state index in [1.807, 2.05) is 0 Å². The third kappa shape index (κ3) is 4.39. The van der Waals surface area contributed by atoms with Gasteiger partial charge in [0.25, 0.3) is 11.9 Å². The number of carbonyl (C=O) groups is 1. The highest BCUT2D eigenvalue weighted by atomic mass is 19.4. The molecule has 9 nitrogen and oxygen atoms in total. The van der Waals surface area contributed by atoms with Gasteiger partial charge in [0.1, 0.15) is 23.0 Å². The van der Waals surface area contributed by atoms with Crippen LogP contribution in [0.4, 0.5) is 23.4 Å². The van der Waals surface area contributed by atoms with E-state index in [2.05, 4.69) is 25.3 Å². The molecule has 160 valence electrons. The first-order valence-electron chi connectivity index (χ1n) is 8.45. The van der Waals surface area contributed by atoms with E-state index < -0.39 is 47.7 Å². The zero-order valence-corrected chi connectivity index (χ0v) is 15.7. The number of hydrogen-bond acceptors (Lipinski definition) is 8. The number of anilines is 1. The number of nitrogens with zero attached hydrogens (tertiary/aromatic N) is 4. The molecule has 0 aromatic carbocycles. The van der Waals surface area contributed by atoms with Gasteiger partial charge in [-0.05, 0) is 19.1 Å². The Morgan fingerprint density at radius 1 is 1.33 bits per heavy atom. The van der Waals surface area contributed by atoms with Gasteiger partial charge in [-0.1, -0.05) is 0 Å². The van der Waals surface area contributed by atoms with Crippen molar-refractivity contribution in [3.05, 3.63) is 41.7 Å². The van der Waals surface area contributed by atoms with Crippen molar-refractivity contribution < 1.29 is 31.8 Å². The van der Waals surface area contributed by atoms with Crippen molar-refractivity contribution >= 4 is 17.7 Å². The molecule has 0 saturated carbocycles. The number of nitrogens with one attached hydrogen (secondary N) is 1. The second-order valence-electron chi connectivity index (χ2n) is 6.49. The average Bonchev–Trinajstić information content (AvgIpc) is 2.68. The van der Waals surface area contributed by atoms with E-state index in [4.69, 9.17) is 15.2 Å². The lowest BCUT2D eigenvalue weighted by molar-refractivity contribution is -0.164. The molecule has 0 radical (unpaired) electrons. The number of alkyl halides is 3. The number of halogens is 4.